The average Bonchev–Trinajstić information content (AvgIpc) is 3.21. The number of rotatable bonds is 10. The monoisotopic (exact) mass is 924 g/mol. The number of hydrogen-bond donors (Lipinski definition) is 0. The molecule has 14 heteroatoms. The largest absolute Gasteiger partial charge is 0.272 e. The molecule has 0 unspecified atom stereocenters. The third-order valence-corrected chi connectivity index (χ3v) is 25.7. The van der Waals surface area contributed by atoms with E-state index in [4.69, 9.17) is 0 Å². The van der Waals surface area contributed by atoms with Crippen LogP contribution in [0.5, 0.6) is 0 Å². The van der Waals surface area contributed by atoms with Gasteiger partial charge >= 0.3 is 0 Å². The highest BCUT2D eigenvalue weighted by Gasteiger charge is 2.74. The molecule has 0 fully saturated rings. The van der Waals surface area contributed by atoms with Crippen molar-refractivity contribution < 1.29 is 43.9 Å². The van der Waals surface area contributed by atoms with E-state index in [9.17, 15) is 0 Å². The van der Waals surface area contributed by atoms with Gasteiger partial charge in [-0.3, -0.25) is 0 Å². The van der Waals surface area contributed by atoms with E-state index in [0.29, 0.717) is 4.94 Å². The van der Waals surface area contributed by atoms with Gasteiger partial charge in [-0.25, -0.2) is 43.9 Å². The van der Waals surface area contributed by atoms with Crippen molar-refractivity contribution in [3.8, 4) is 0 Å². The van der Waals surface area contributed by atoms with E-state index in [0.717, 1.165) is 44.0 Å². The van der Waals surface area contributed by atoms with Crippen LogP contribution in [0.1, 0.15) is 39.8 Å². The lowest BCUT2D eigenvalue weighted by Crippen LogP contribution is -2.76. The van der Waals surface area contributed by atoms with Gasteiger partial charge in [0.15, 0.2) is 34.9 Å². The number of halogens is 10. The van der Waals surface area contributed by atoms with Gasteiger partial charge in [0.25, 0.3) is 5.87 Å². The maximum absolute atomic E-state index is 17.3. The second kappa shape index (κ2) is 16.8. The lowest BCUT2D eigenvalue weighted by Gasteiger charge is -2.65. The molecule has 1 aliphatic rings. The maximum Gasteiger partial charge on any atom is 0.272 e. The minimum absolute atomic E-state index is 0.0704. The Labute approximate surface area is 364 Å². The summed E-state index contributed by atoms with van der Waals surface area (Å²) in [5.74, 6) is -28.7. The van der Waals surface area contributed by atoms with Crippen molar-refractivity contribution in [3.05, 3.63) is 187 Å². The van der Waals surface area contributed by atoms with Crippen LogP contribution in [0.3, 0.4) is 0 Å². The van der Waals surface area contributed by atoms with Crippen LogP contribution >= 0.6 is 15.1 Å². The van der Waals surface area contributed by atoms with Gasteiger partial charge in [0.05, 0.1) is 10.6 Å². The molecular weight excluding hydrogens is 879 g/mol. The summed E-state index contributed by atoms with van der Waals surface area (Å²) in [5, 5.41) is 2.33. The minimum Gasteiger partial charge on any atom is -0.207 e. The van der Waals surface area contributed by atoms with Crippen LogP contribution in [0.25, 0.3) is 0 Å². The first-order valence-corrected chi connectivity index (χ1v) is 27.3. The van der Waals surface area contributed by atoms with Crippen molar-refractivity contribution in [1.29, 1.82) is 0 Å². The number of aryl methyl sites for hydroxylation is 6. The van der Waals surface area contributed by atoms with Crippen molar-refractivity contribution in [2.24, 2.45) is 0 Å². The summed E-state index contributed by atoms with van der Waals surface area (Å²) in [6.07, 6.45) is -0.142. The summed E-state index contributed by atoms with van der Waals surface area (Å²) in [4.78, 5) is 0.518. The Morgan fingerprint density at radius 1 is 0.460 bits per heavy atom. The summed E-state index contributed by atoms with van der Waals surface area (Å²) in [6, 6.07) is 23.7. The van der Waals surface area contributed by atoms with Gasteiger partial charge in [-0.05, 0) is 125 Å². The molecule has 0 aliphatic carbocycles. The van der Waals surface area contributed by atoms with Gasteiger partial charge in [-0.1, -0.05) is 109 Å². The molecule has 0 bridgehead atoms. The molecule has 0 nitrogen and oxygen atoms in total. The minimum atomic E-state index is -4.36. The third-order valence-electron chi connectivity index (χ3n) is 12.5. The first-order chi connectivity index (χ1) is 29.6. The fourth-order valence-corrected chi connectivity index (χ4v) is 26.9. The molecule has 0 saturated heterocycles. The van der Waals surface area contributed by atoms with Crippen LogP contribution in [0, 0.1) is 99.7 Å². The second-order valence-electron chi connectivity index (χ2n) is 17.7. The molecule has 0 amide bonds. The molecule has 0 aromatic heterocycles. The Hall–Kier alpha value is -4.50. The lowest BCUT2D eigenvalue weighted by atomic mass is 9.32. The standard InChI is InChI=1S/C49H45BF10P2Si/c1-26-22-28(3)47(29(4)23-26)61(48-30(5)24-27(2)25-31(48)6)21-20-34-49(63(7,8)9)62(32-16-12-10-13-17-32,33-18-14-11-15-19-33)50(34,35-37(51)41(55)45(59)42(56)38(35)52)36-39(53)43(57)46(60)44(58)40(36)54/h10-19,22-25H,20-21H2,1-9H3. The molecule has 63 heavy (non-hydrogen) atoms. The predicted octanol–water partition coefficient (Wildman–Crippen LogP) is 11.9. The fourth-order valence-electron chi connectivity index (χ4n) is 10.9. The number of allylic oxidation sites excluding steroid dienone is 1. The highest BCUT2D eigenvalue weighted by molar-refractivity contribution is 8.27. The van der Waals surface area contributed by atoms with Gasteiger partial charge < -0.3 is 0 Å². The Balaban J connectivity index is 1.76. The molecule has 1 aliphatic heterocycles. The topological polar surface area (TPSA) is 0 Å². The molecule has 1 heterocycles. The summed E-state index contributed by atoms with van der Waals surface area (Å²) >= 11 is 0. The van der Waals surface area contributed by atoms with E-state index in [-0.39, 0.29) is 28.7 Å². The summed E-state index contributed by atoms with van der Waals surface area (Å²) < 4.78 is 164. The molecule has 0 N–H and O–H groups in total. The predicted molar refractivity (Wildman–Crippen MR) is 244 cm³/mol. The van der Waals surface area contributed by atoms with Crippen LogP contribution in [0.4, 0.5) is 43.9 Å². The first-order valence-electron chi connectivity index (χ1n) is 20.4. The van der Waals surface area contributed by atoms with E-state index in [1.54, 1.807) is 36.4 Å². The molecule has 6 aromatic carbocycles. The highest BCUT2D eigenvalue weighted by Crippen LogP contribution is 2.82. The third kappa shape index (κ3) is 6.96. The van der Waals surface area contributed by atoms with Crippen LogP contribution in [0.15, 0.2) is 95.3 Å². The molecule has 328 valence electrons. The fraction of sp³-hybridized carbons (Fsp3) is 0.224. The lowest BCUT2D eigenvalue weighted by molar-refractivity contribution is 0.382. The van der Waals surface area contributed by atoms with Crippen molar-refractivity contribution in [1.82, 2.24) is 0 Å². The van der Waals surface area contributed by atoms with Crippen molar-refractivity contribution in [2.45, 2.75) is 67.6 Å². The molecular formula is C49H45BF10P2Si. The summed E-state index contributed by atoms with van der Waals surface area (Å²) in [5.41, 5.74) is 2.41. The van der Waals surface area contributed by atoms with Gasteiger partial charge in [0.2, 0.25) is 0 Å². The molecule has 0 radical (unpaired) electrons. The molecule has 0 atom stereocenters. The van der Waals surface area contributed by atoms with Crippen molar-refractivity contribution in [2.75, 3.05) is 6.16 Å². The second-order valence-corrected chi connectivity index (χ2v) is 29.0. The molecule has 7 rings (SSSR count). The Morgan fingerprint density at radius 2 is 0.762 bits per heavy atom. The van der Waals surface area contributed by atoms with Gasteiger partial charge in [0.1, 0.15) is 31.3 Å². The van der Waals surface area contributed by atoms with Crippen LogP contribution < -0.4 is 32.1 Å². The van der Waals surface area contributed by atoms with E-state index < -0.39 is 98.1 Å². The summed E-state index contributed by atoms with van der Waals surface area (Å²) in [6.45, 7) is 17.4. The quantitative estimate of drug-likeness (QED) is 0.0422. The zero-order valence-corrected chi connectivity index (χ0v) is 39.0. The van der Waals surface area contributed by atoms with Crippen LogP contribution in [0.2, 0.25) is 19.6 Å². The Bertz CT molecular complexity index is 2590. The van der Waals surface area contributed by atoms with Crippen molar-refractivity contribution >= 4 is 61.1 Å². The van der Waals surface area contributed by atoms with Gasteiger partial charge in [0, 0.05) is 0 Å². The van der Waals surface area contributed by atoms with Crippen molar-refractivity contribution in [3.63, 3.8) is 0 Å². The maximum atomic E-state index is 17.3. The van der Waals surface area contributed by atoms with E-state index in [1.807, 2.05) is 85.4 Å². The van der Waals surface area contributed by atoms with E-state index in [2.05, 4.69) is 0 Å². The van der Waals surface area contributed by atoms with Crippen LogP contribution in [-0.2, 0) is 0 Å². The molecule has 0 saturated carbocycles. The first kappa shape index (κ1) is 46.5. The van der Waals surface area contributed by atoms with Gasteiger partial charge in [-0.2, -0.15) is 0 Å². The normalized spacial score (nSPS) is 14.7. The van der Waals surface area contributed by atoms with E-state index >= 15 is 43.9 Å². The number of hydrogen-bond acceptors (Lipinski definition) is 0. The SMILES string of the molecule is Cc1cc(C)c(P(CCC2=C([Si](C)(C)C)[P+](c3ccccc3)(c3ccccc3)[B-]2(c2c(F)c(F)c(F)c(F)c2F)c2c(F)c(F)c(F)c(F)c2F)c2c(C)cc(C)cc2C)c(C)c1. The average molecular weight is 925 g/mol. The van der Waals surface area contributed by atoms with Crippen LogP contribution in [-0.4, -0.2) is 20.1 Å². The number of benzene rings is 6. The molecule has 0 spiro atoms. The van der Waals surface area contributed by atoms with E-state index in [1.165, 1.54) is 24.3 Å². The Kier molecular flexibility index (Phi) is 12.4. The zero-order valence-electron chi connectivity index (χ0n) is 36.2. The Morgan fingerprint density at radius 3 is 1.06 bits per heavy atom. The smallest absolute Gasteiger partial charge is 0.207 e. The van der Waals surface area contributed by atoms with Gasteiger partial charge in [-0.15, -0.1) is 5.47 Å². The highest BCUT2D eigenvalue weighted by atomic mass is 31.2. The summed E-state index contributed by atoms with van der Waals surface area (Å²) in [7, 11) is -8.86. The molecule has 6 aromatic rings. The zero-order chi connectivity index (χ0) is 46.2.